The van der Waals surface area contributed by atoms with Gasteiger partial charge in [-0.3, -0.25) is 19.3 Å². The molecular weight excluding hydrogens is 453 g/mol. The molecular formula is C26H26FN3O5. The van der Waals surface area contributed by atoms with E-state index in [4.69, 9.17) is 4.74 Å². The van der Waals surface area contributed by atoms with Gasteiger partial charge in [-0.2, -0.15) is 0 Å². The van der Waals surface area contributed by atoms with E-state index in [1.165, 1.54) is 21.9 Å². The minimum atomic E-state index is -1.84. The summed E-state index contributed by atoms with van der Waals surface area (Å²) in [5.74, 6) is -3.50. The molecule has 2 fully saturated rings. The van der Waals surface area contributed by atoms with Gasteiger partial charge >= 0.3 is 0 Å². The summed E-state index contributed by atoms with van der Waals surface area (Å²) in [6.07, 6.45) is 0. The van der Waals surface area contributed by atoms with Gasteiger partial charge in [-0.05, 0) is 24.6 Å². The van der Waals surface area contributed by atoms with Gasteiger partial charge < -0.3 is 19.6 Å². The van der Waals surface area contributed by atoms with Gasteiger partial charge in [-0.1, -0.05) is 30.3 Å². The molecule has 2 aromatic carbocycles. The van der Waals surface area contributed by atoms with E-state index in [1.807, 2.05) is 0 Å². The highest BCUT2D eigenvalue weighted by Gasteiger charge is 2.66. The van der Waals surface area contributed by atoms with Crippen LogP contribution >= 0.6 is 0 Å². The van der Waals surface area contributed by atoms with Crippen molar-refractivity contribution in [3.05, 3.63) is 70.5 Å². The molecule has 9 heteroatoms. The number of benzene rings is 2. The van der Waals surface area contributed by atoms with Crippen molar-refractivity contribution in [2.75, 3.05) is 51.3 Å². The van der Waals surface area contributed by atoms with E-state index in [9.17, 15) is 23.9 Å². The van der Waals surface area contributed by atoms with Crippen LogP contribution in [0.25, 0.3) is 5.76 Å². The van der Waals surface area contributed by atoms with Gasteiger partial charge in [0.2, 0.25) is 0 Å². The third-order valence-electron chi connectivity index (χ3n) is 7.13. The van der Waals surface area contributed by atoms with E-state index in [2.05, 4.69) is 4.90 Å². The Bertz CT molecular complexity index is 1270. The second kappa shape index (κ2) is 8.58. The van der Waals surface area contributed by atoms with Gasteiger partial charge in [0, 0.05) is 50.0 Å². The number of Topliss-reactive ketones (excluding diaryl/α,β-unsaturated/α-hetero) is 1. The number of nitrogens with zero attached hydrogens (tertiary/aromatic N) is 3. The number of morpholine rings is 1. The number of aliphatic hydroxyl groups excluding tert-OH is 1. The molecule has 0 radical (unpaired) electrons. The van der Waals surface area contributed by atoms with Crippen LogP contribution in [0, 0.1) is 12.7 Å². The number of aryl methyl sites for hydroxylation is 1. The maximum absolute atomic E-state index is 14.4. The molecule has 3 aliphatic heterocycles. The second-order valence-electron chi connectivity index (χ2n) is 9.02. The van der Waals surface area contributed by atoms with Crippen LogP contribution in [0.4, 0.5) is 10.1 Å². The van der Waals surface area contributed by atoms with Crippen LogP contribution < -0.4 is 4.90 Å². The molecule has 0 saturated carbocycles. The predicted molar refractivity (Wildman–Crippen MR) is 126 cm³/mol. The molecule has 35 heavy (non-hydrogen) atoms. The van der Waals surface area contributed by atoms with E-state index < -0.39 is 34.7 Å². The summed E-state index contributed by atoms with van der Waals surface area (Å²) in [7, 11) is 1.57. The Balaban J connectivity index is 1.70. The highest BCUT2D eigenvalue weighted by molar-refractivity contribution is 6.50. The molecule has 0 aliphatic carbocycles. The Morgan fingerprint density at radius 3 is 2.51 bits per heavy atom. The van der Waals surface area contributed by atoms with Crippen LogP contribution in [0.1, 0.15) is 16.7 Å². The molecule has 1 unspecified atom stereocenters. The lowest BCUT2D eigenvalue weighted by atomic mass is 9.82. The maximum Gasteiger partial charge on any atom is 0.296 e. The molecule has 1 N–H and O–H groups in total. The lowest BCUT2D eigenvalue weighted by Gasteiger charge is -2.36. The number of hydrogen-bond acceptors (Lipinski definition) is 6. The molecule has 2 saturated heterocycles. The van der Waals surface area contributed by atoms with Gasteiger partial charge in [0.05, 0.1) is 18.8 Å². The normalized spacial score (nSPS) is 24.0. The highest BCUT2D eigenvalue weighted by atomic mass is 19.1. The van der Waals surface area contributed by atoms with Crippen molar-refractivity contribution in [1.82, 2.24) is 9.80 Å². The molecule has 1 atom stereocenters. The fourth-order valence-electron chi connectivity index (χ4n) is 5.22. The number of likely N-dealkylation sites (N-methyl/N-ethyl adjacent to an activating group) is 1. The zero-order valence-electron chi connectivity index (χ0n) is 19.6. The van der Waals surface area contributed by atoms with Crippen molar-refractivity contribution in [2.24, 2.45) is 0 Å². The number of hydrogen-bond donors (Lipinski definition) is 1. The number of rotatable bonds is 4. The highest BCUT2D eigenvalue weighted by Crippen LogP contribution is 2.53. The molecule has 0 aromatic heterocycles. The van der Waals surface area contributed by atoms with E-state index >= 15 is 0 Å². The first-order chi connectivity index (χ1) is 16.8. The van der Waals surface area contributed by atoms with Crippen LogP contribution in [0.5, 0.6) is 0 Å². The van der Waals surface area contributed by atoms with Crippen molar-refractivity contribution in [2.45, 2.75) is 12.5 Å². The van der Waals surface area contributed by atoms with Gasteiger partial charge in [-0.25, -0.2) is 4.39 Å². The number of amides is 2. The van der Waals surface area contributed by atoms with Crippen LogP contribution in [0.2, 0.25) is 0 Å². The smallest absolute Gasteiger partial charge is 0.296 e. The van der Waals surface area contributed by atoms with Crippen LogP contribution in [-0.4, -0.2) is 78.9 Å². The number of fused-ring (bicyclic) bond motifs is 2. The topological polar surface area (TPSA) is 90.4 Å². The Morgan fingerprint density at radius 2 is 1.80 bits per heavy atom. The fraction of sp³-hybridized carbons (Fsp3) is 0.346. The monoisotopic (exact) mass is 479 g/mol. The standard InChI is InChI=1S/C26H26FN3O5/c1-16-7-8-17(15-19(16)27)22(31)21-23(32)24(33)30(10-9-29-11-13-35-14-12-29)26(21)18-5-3-4-6-20(18)28(2)25(26)34/h3-8,15,31H,9-14H2,1-2H3. The summed E-state index contributed by atoms with van der Waals surface area (Å²) in [6, 6.07) is 11.0. The maximum atomic E-state index is 14.4. The minimum Gasteiger partial charge on any atom is -0.507 e. The number of anilines is 1. The summed E-state index contributed by atoms with van der Waals surface area (Å²) in [5, 5.41) is 11.3. The van der Waals surface area contributed by atoms with E-state index in [0.717, 1.165) is 6.07 Å². The van der Waals surface area contributed by atoms with Crippen molar-refractivity contribution in [3.63, 3.8) is 0 Å². The number of halogens is 1. The number of carbonyl (C=O) groups excluding carboxylic acids is 3. The Labute approximate surface area is 202 Å². The number of likely N-dealkylation sites (tertiary alicyclic amines) is 1. The van der Waals surface area contributed by atoms with E-state index in [0.29, 0.717) is 49.7 Å². The molecule has 2 amide bonds. The number of carbonyl (C=O) groups is 3. The number of ether oxygens (including phenoxy) is 1. The summed E-state index contributed by atoms with van der Waals surface area (Å²) in [6.45, 7) is 4.57. The molecule has 8 nitrogen and oxygen atoms in total. The average molecular weight is 480 g/mol. The van der Waals surface area contributed by atoms with E-state index in [-0.39, 0.29) is 17.7 Å². The van der Waals surface area contributed by atoms with Gasteiger partial charge in [-0.15, -0.1) is 0 Å². The molecule has 1 spiro atoms. The Hall–Kier alpha value is -3.56. The third-order valence-corrected chi connectivity index (χ3v) is 7.13. The fourth-order valence-corrected chi connectivity index (χ4v) is 5.22. The summed E-state index contributed by atoms with van der Waals surface area (Å²) in [4.78, 5) is 45.6. The minimum absolute atomic E-state index is 0.0264. The van der Waals surface area contributed by atoms with Crippen molar-refractivity contribution in [3.8, 4) is 0 Å². The first-order valence-corrected chi connectivity index (χ1v) is 11.5. The van der Waals surface area contributed by atoms with E-state index in [1.54, 1.807) is 38.2 Å². The zero-order chi connectivity index (χ0) is 24.9. The van der Waals surface area contributed by atoms with Crippen LogP contribution in [0.15, 0.2) is 48.0 Å². The first kappa shape index (κ1) is 23.2. The van der Waals surface area contributed by atoms with Crippen LogP contribution in [0.3, 0.4) is 0 Å². The quantitative estimate of drug-likeness (QED) is 0.410. The summed E-state index contributed by atoms with van der Waals surface area (Å²) < 4.78 is 19.8. The third kappa shape index (κ3) is 3.37. The zero-order valence-corrected chi connectivity index (χ0v) is 19.6. The molecule has 5 rings (SSSR count). The predicted octanol–water partition coefficient (Wildman–Crippen LogP) is 2.02. The Morgan fingerprint density at radius 1 is 1.09 bits per heavy atom. The summed E-state index contributed by atoms with van der Waals surface area (Å²) >= 11 is 0. The number of aliphatic hydroxyl groups is 1. The van der Waals surface area contributed by atoms with Crippen molar-refractivity contribution >= 4 is 29.0 Å². The van der Waals surface area contributed by atoms with Gasteiger partial charge in [0.15, 0.2) is 5.54 Å². The van der Waals surface area contributed by atoms with Gasteiger partial charge in [0.1, 0.15) is 11.6 Å². The largest absolute Gasteiger partial charge is 0.507 e. The molecule has 0 bridgehead atoms. The molecule has 3 heterocycles. The lowest BCUT2D eigenvalue weighted by Crippen LogP contribution is -2.53. The number of para-hydroxylation sites is 1. The molecule has 2 aromatic rings. The molecule has 182 valence electrons. The van der Waals surface area contributed by atoms with Crippen LogP contribution in [-0.2, 0) is 24.7 Å². The van der Waals surface area contributed by atoms with Gasteiger partial charge in [0.25, 0.3) is 17.6 Å². The SMILES string of the molecule is Cc1ccc(C(O)=C2C(=O)C(=O)N(CCN3CCOCC3)C23C(=O)N(C)c2ccccc23)cc1F. The second-order valence-corrected chi connectivity index (χ2v) is 9.02. The Kier molecular flexibility index (Phi) is 5.69. The number of ketones is 1. The average Bonchev–Trinajstić information content (AvgIpc) is 3.23. The van der Waals surface area contributed by atoms with Crippen molar-refractivity contribution in [1.29, 1.82) is 0 Å². The lowest BCUT2D eigenvalue weighted by molar-refractivity contribution is -0.144. The summed E-state index contributed by atoms with van der Waals surface area (Å²) in [5.41, 5.74) is -0.811. The van der Waals surface area contributed by atoms with Crippen molar-refractivity contribution < 1.29 is 28.6 Å². The first-order valence-electron chi connectivity index (χ1n) is 11.5. The molecule has 3 aliphatic rings.